The van der Waals surface area contributed by atoms with Gasteiger partial charge >= 0.3 is 0 Å². The van der Waals surface area contributed by atoms with Crippen LogP contribution >= 0.6 is 11.3 Å². The normalized spacial score (nSPS) is 11.5. The lowest BCUT2D eigenvalue weighted by Crippen LogP contribution is -2.22. The summed E-state index contributed by atoms with van der Waals surface area (Å²) in [4.78, 5) is 22.0. The van der Waals surface area contributed by atoms with Crippen LogP contribution in [-0.2, 0) is 10.0 Å². The van der Waals surface area contributed by atoms with Crippen LogP contribution < -0.4 is 5.32 Å². The molecule has 0 saturated carbocycles. The maximum atomic E-state index is 12.8. The lowest BCUT2D eigenvalue weighted by Gasteiger charge is -2.11. The van der Waals surface area contributed by atoms with Crippen molar-refractivity contribution in [2.45, 2.75) is 11.8 Å². The molecule has 0 aliphatic heterocycles. The largest absolute Gasteiger partial charge is 0.298 e. The van der Waals surface area contributed by atoms with E-state index in [2.05, 4.69) is 15.3 Å². The fourth-order valence-electron chi connectivity index (χ4n) is 3.21. The van der Waals surface area contributed by atoms with Crippen LogP contribution in [0.3, 0.4) is 0 Å². The minimum absolute atomic E-state index is 0.210. The van der Waals surface area contributed by atoms with Gasteiger partial charge in [-0.1, -0.05) is 42.5 Å². The van der Waals surface area contributed by atoms with Gasteiger partial charge in [0.2, 0.25) is 10.0 Å². The Morgan fingerprint density at radius 3 is 2.18 bits per heavy atom. The molecule has 168 valence electrons. The number of amides is 1. The molecule has 0 radical (unpaired) electrons. The molecule has 0 atom stereocenters. The highest BCUT2D eigenvalue weighted by atomic mass is 32.2. The van der Waals surface area contributed by atoms with Gasteiger partial charge < -0.3 is 0 Å². The number of nitrogens with zero attached hydrogens (tertiary/aromatic N) is 3. The Hall–Kier alpha value is -3.40. The first-order valence-corrected chi connectivity index (χ1v) is 12.4. The van der Waals surface area contributed by atoms with E-state index >= 15 is 0 Å². The highest BCUT2D eigenvalue weighted by Crippen LogP contribution is 2.27. The van der Waals surface area contributed by atoms with Gasteiger partial charge in [0.25, 0.3) is 5.91 Å². The number of nitrogens with one attached hydrogen (secondary N) is 1. The summed E-state index contributed by atoms with van der Waals surface area (Å²) in [7, 11) is -0.507. The average molecular weight is 479 g/mol. The lowest BCUT2D eigenvalue weighted by molar-refractivity contribution is 0.102. The molecule has 2 aromatic heterocycles. The molecule has 2 heterocycles. The van der Waals surface area contributed by atoms with E-state index in [-0.39, 0.29) is 10.8 Å². The minimum atomic E-state index is -3.49. The highest BCUT2D eigenvalue weighted by Gasteiger charge is 2.18. The van der Waals surface area contributed by atoms with E-state index in [0.717, 1.165) is 16.8 Å². The second kappa shape index (κ2) is 9.22. The maximum absolute atomic E-state index is 12.8. The van der Waals surface area contributed by atoms with E-state index in [1.165, 1.54) is 29.7 Å². The molecule has 0 bridgehead atoms. The number of hydrogen-bond acceptors (Lipinski definition) is 6. The number of carbonyl (C=O) groups excluding carboxylic acids is 1. The van der Waals surface area contributed by atoms with Crippen LogP contribution in [0, 0.1) is 6.92 Å². The summed E-state index contributed by atoms with van der Waals surface area (Å²) in [5.41, 5.74) is 4.31. The van der Waals surface area contributed by atoms with Gasteiger partial charge in [-0.15, -0.1) is 11.3 Å². The summed E-state index contributed by atoms with van der Waals surface area (Å²) >= 11 is 1.30. The number of benzene rings is 2. The second-order valence-corrected chi connectivity index (χ2v) is 10.5. The topological polar surface area (TPSA) is 92.3 Å². The van der Waals surface area contributed by atoms with Crippen molar-refractivity contribution in [3.8, 4) is 22.5 Å². The number of aromatic nitrogens is 2. The van der Waals surface area contributed by atoms with Crippen LogP contribution in [0.15, 0.2) is 77.0 Å². The predicted octanol–water partition coefficient (Wildman–Crippen LogP) is 4.68. The molecule has 33 heavy (non-hydrogen) atoms. The minimum Gasteiger partial charge on any atom is -0.298 e. The quantitative estimate of drug-likeness (QED) is 0.434. The Labute approximate surface area is 196 Å². The van der Waals surface area contributed by atoms with Crippen molar-refractivity contribution in [2.24, 2.45) is 0 Å². The third-order valence-electron chi connectivity index (χ3n) is 5.05. The van der Waals surface area contributed by atoms with Crippen LogP contribution in [0.25, 0.3) is 22.5 Å². The van der Waals surface area contributed by atoms with Gasteiger partial charge in [0.15, 0.2) is 5.13 Å². The van der Waals surface area contributed by atoms with Gasteiger partial charge in [0.05, 0.1) is 27.5 Å². The smallest absolute Gasteiger partial charge is 0.259 e. The van der Waals surface area contributed by atoms with Crippen LogP contribution in [0.4, 0.5) is 5.13 Å². The molecule has 0 spiro atoms. The molecule has 0 aliphatic rings. The number of aryl methyl sites for hydroxylation is 1. The summed E-state index contributed by atoms with van der Waals surface area (Å²) in [6.07, 6.45) is 0. The van der Waals surface area contributed by atoms with Crippen molar-refractivity contribution < 1.29 is 13.2 Å². The summed E-state index contributed by atoms with van der Waals surface area (Å²) in [5.74, 6) is -0.284. The van der Waals surface area contributed by atoms with Crippen LogP contribution in [0.5, 0.6) is 0 Å². The van der Waals surface area contributed by atoms with Crippen molar-refractivity contribution in [2.75, 3.05) is 19.4 Å². The van der Waals surface area contributed by atoms with Crippen molar-refractivity contribution in [1.82, 2.24) is 14.3 Å². The number of hydrogen-bond donors (Lipinski definition) is 1. The molecule has 1 N–H and O–H groups in total. The Bertz CT molecular complexity index is 1400. The van der Waals surface area contributed by atoms with E-state index < -0.39 is 10.0 Å². The first-order chi connectivity index (χ1) is 15.8. The Balaban J connectivity index is 1.49. The van der Waals surface area contributed by atoms with Crippen LogP contribution in [0.2, 0.25) is 0 Å². The van der Waals surface area contributed by atoms with Gasteiger partial charge in [-0.25, -0.2) is 17.7 Å². The molecule has 4 aromatic rings. The summed E-state index contributed by atoms with van der Waals surface area (Å²) in [6.45, 7) is 1.80. The van der Waals surface area contributed by atoms with Gasteiger partial charge in [0, 0.05) is 30.6 Å². The molecule has 4 rings (SSSR count). The summed E-state index contributed by atoms with van der Waals surface area (Å²) in [6, 6.07) is 19.9. The Kier molecular flexibility index (Phi) is 6.37. The summed E-state index contributed by atoms with van der Waals surface area (Å²) < 4.78 is 25.6. The van der Waals surface area contributed by atoms with Gasteiger partial charge in [-0.05, 0) is 31.2 Å². The van der Waals surface area contributed by atoms with E-state index in [1.807, 2.05) is 41.8 Å². The van der Waals surface area contributed by atoms with E-state index in [0.29, 0.717) is 22.1 Å². The lowest BCUT2D eigenvalue weighted by atomic mass is 10.1. The number of rotatable bonds is 6. The van der Waals surface area contributed by atoms with Gasteiger partial charge in [-0.2, -0.15) is 0 Å². The van der Waals surface area contributed by atoms with Crippen molar-refractivity contribution in [3.63, 3.8) is 0 Å². The van der Waals surface area contributed by atoms with Crippen LogP contribution in [-0.4, -0.2) is 42.7 Å². The van der Waals surface area contributed by atoms with Gasteiger partial charge in [0.1, 0.15) is 0 Å². The summed E-state index contributed by atoms with van der Waals surface area (Å²) in [5, 5.41) is 5.09. The number of anilines is 1. The fraction of sp³-hybridized carbons (Fsp3) is 0.125. The number of sulfonamides is 1. The number of pyridine rings is 1. The van der Waals surface area contributed by atoms with Crippen molar-refractivity contribution in [1.29, 1.82) is 0 Å². The molecule has 2 aromatic carbocycles. The molecule has 1 amide bonds. The molecule has 9 heteroatoms. The zero-order chi connectivity index (χ0) is 23.6. The first kappa shape index (κ1) is 22.8. The average Bonchev–Trinajstić information content (AvgIpc) is 3.28. The second-order valence-electron chi connectivity index (χ2n) is 7.50. The third kappa shape index (κ3) is 4.85. The number of thiazole rings is 1. The molecule has 0 unspecified atom stereocenters. The van der Waals surface area contributed by atoms with E-state index in [4.69, 9.17) is 0 Å². The third-order valence-corrected chi connectivity index (χ3v) is 7.64. The fourth-order valence-corrected chi connectivity index (χ4v) is 4.82. The maximum Gasteiger partial charge on any atom is 0.259 e. The van der Waals surface area contributed by atoms with Crippen molar-refractivity contribution in [3.05, 3.63) is 83.4 Å². The first-order valence-electron chi connectivity index (χ1n) is 10.1. The zero-order valence-corrected chi connectivity index (χ0v) is 19.9. The SMILES string of the molecule is Cc1nc(-c2ccccc2)ccc1C(=O)Nc1nc(-c2ccc(S(=O)(=O)N(C)C)cc2)cs1. The highest BCUT2D eigenvalue weighted by molar-refractivity contribution is 7.89. The van der Waals surface area contributed by atoms with Crippen molar-refractivity contribution >= 4 is 32.4 Å². The van der Waals surface area contributed by atoms with E-state index in [9.17, 15) is 13.2 Å². The molecular formula is C24H22N4O3S2. The molecule has 7 nitrogen and oxygen atoms in total. The zero-order valence-electron chi connectivity index (χ0n) is 18.3. The Morgan fingerprint density at radius 1 is 0.879 bits per heavy atom. The molecule has 0 fully saturated rings. The Morgan fingerprint density at radius 2 is 1.55 bits per heavy atom. The molecular weight excluding hydrogens is 456 g/mol. The van der Waals surface area contributed by atoms with Gasteiger partial charge in [-0.3, -0.25) is 15.1 Å². The van der Waals surface area contributed by atoms with E-state index in [1.54, 1.807) is 37.3 Å². The number of carbonyl (C=O) groups is 1. The standard InChI is InChI=1S/C24H22N4O3S2/c1-16-20(13-14-21(25-16)17-7-5-4-6-8-17)23(29)27-24-26-22(15-32-24)18-9-11-19(12-10-18)33(30,31)28(2)3/h4-15H,1-3H3,(H,26,27,29). The predicted molar refractivity (Wildman–Crippen MR) is 131 cm³/mol. The molecule has 0 saturated heterocycles. The van der Waals surface area contributed by atoms with Crippen LogP contribution in [0.1, 0.15) is 16.1 Å². The monoisotopic (exact) mass is 478 g/mol. The molecule has 0 aliphatic carbocycles.